The van der Waals surface area contributed by atoms with E-state index in [0.717, 1.165) is 17.8 Å². The fourth-order valence-corrected chi connectivity index (χ4v) is 4.48. The summed E-state index contributed by atoms with van der Waals surface area (Å²) in [7, 11) is 0. The number of aryl methyl sites for hydroxylation is 3. The van der Waals surface area contributed by atoms with Crippen molar-refractivity contribution < 1.29 is 0 Å². The number of benzene rings is 2. The first-order chi connectivity index (χ1) is 15.4. The molecule has 0 heteroatoms. The second kappa shape index (κ2) is 14.6. The smallest absolute Gasteiger partial charge is 0.0156 e. The minimum Gasteiger partial charge on any atom is -0.0651 e. The lowest BCUT2D eigenvalue weighted by Crippen LogP contribution is -2.07. The molecule has 2 rings (SSSR count). The second-order valence-electron chi connectivity index (χ2n) is 10.6. The van der Waals surface area contributed by atoms with Gasteiger partial charge in [0, 0.05) is 0 Å². The molecule has 0 bridgehead atoms. The van der Waals surface area contributed by atoms with Crippen LogP contribution in [0.1, 0.15) is 115 Å². The third-order valence-electron chi connectivity index (χ3n) is 7.88. The third kappa shape index (κ3) is 9.51. The molecule has 4 unspecified atom stereocenters. The number of rotatable bonds is 15. The van der Waals surface area contributed by atoms with E-state index >= 15 is 0 Å². The van der Waals surface area contributed by atoms with E-state index in [4.69, 9.17) is 0 Å². The van der Waals surface area contributed by atoms with Crippen molar-refractivity contribution in [2.75, 3.05) is 0 Å². The minimum absolute atomic E-state index is 0.665. The van der Waals surface area contributed by atoms with Gasteiger partial charge < -0.3 is 0 Å². The van der Waals surface area contributed by atoms with Gasteiger partial charge in [0.2, 0.25) is 0 Å². The van der Waals surface area contributed by atoms with E-state index < -0.39 is 0 Å². The summed E-state index contributed by atoms with van der Waals surface area (Å²) in [5.74, 6) is 3.11. The van der Waals surface area contributed by atoms with E-state index in [2.05, 4.69) is 90.1 Å². The third-order valence-corrected chi connectivity index (χ3v) is 7.88. The molecule has 0 aliphatic rings. The molecule has 0 aliphatic heterocycles. The van der Waals surface area contributed by atoms with Gasteiger partial charge in [-0.15, -0.1) is 0 Å². The van der Waals surface area contributed by atoms with Gasteiger partial charge in [-0.25, -0.2) is 0 Å². The van der Waals surface area contributed by atoms with Crippen LogP contribution in [0.15, 0.2) is 48.5 Å². The zero-order chi connectivity index (χ0) is 23.3. The molecule has 0 nitrogen and oxygen atoms in total. The van der Waals surface area contributed by atoms with Crippen molar-refractivity contribution in [3.05, 3.63) is 70.8 Å². The molecule has 178 valence electrons. The highest BCUT2D eigenvalue weighted by molar-refractivity contribution is 5.27. The normalized spacial score (nSPS) is 15.3. The first-order valence-electron chi connectivity index (χ1n) is 13.6. The zero-order valence-corrected chi connectivity index (χ0v) is 22.0. The molecule has 4 atom stereocenters. The Morgan fingerprint density at radius 2 is 0.875 bits per heavy atom. The van der Waals surface area contributed by atoms with Crippen molar-refractivity contribution in [1.82, 2.24) is 0 Å². The molecule has 2 aromatic rings. The SMILES string of the molecule is CCC(C)CCc1ccc(CCC(CC(C)CC)c2ccc(CCC(C)CC)cc2)cc1. The van der Waals surface area contributed by atoms with Crippen LogP contribution in [0.3, 0.4) is 0 Å². The Morgan fingerprint density at radius 1 is 0.500 bits per heavy atom. The van der Waals surface area contributed by atoms with E-state index in [1.165, 1.54) is 80.9 Å². The van der Waals surface area contributed by atoms with Crippen molar-refractivity contribution in [1.29, 1.82) is 0 Å². The van der Waals surface area contributed by atoms with Gasteiger partial charge in [-0.1, -0.05) is 109 Å². The summed E-state index contributed by atoms with van der Waals surface area (Å²) in [6, 6.07) is 19.1. The first kappa shape index (κ1) is 26.7. The largest absolute Gasteiger partial charge is 0.0651 e. The Hall–Kier alpha value is -1.56. The lowest BCUT2D eigenvalue weighted by Gasteiger charge is -2.21. The van der Waals surface area contributed by atoms with Crippen molar-refractivity contribution in [3.8, 4) is 0 Å². The van der Waals surface area contributed by atoms with Crippen molar-refractivity contribution >= 4 is 0 Å². The molecule has 0 amide bonds. The molecule has 0 aromatic heterocycles. The zero-order valence-electron chi connectivity index (χ0n) is 22.0. The average Bonchev–Trinajstić information content (AvgIpc) is 2.84. The predicted molar refractivity (Wildman–Crippen MR) is 144 cm³/mol. The molecule has 0 heterocycles. The maximum Gasteiger partial charge on any atom is -0.0156 e. The first-order valence-corrected chi connectivity index (χ1v) is 13.6. The van der Waals surface area contributed by atoms with Crippen LogP contribution in [0.2, 0.25) is 0 Å². The second-order valence-corrected chi connectivity index (χ2v) is 10.6. The maximum atomic E-state index is 2.43. The molecule has 0 fully saturated rings. The summed E-state index contributed by atoms with van der Waals surface area (Å²) in [6.07, 6.45) is 12.6. The Labute approximate surface area is 200 Å². The molecule has 0 N–H and O–H groups in total. The Bertz CT molecular complexity index is 724. The van der Waals surface area contributed by atoms with Gasteiger partial charge in [-0.05, 0) is 90.9 Å². The Balaban J connectivity index is 1.97. The Morgan fingerprint density at radius 3 is 1.28 bits per heavy atom. The summed E-state index contributed by atoms with van der Waals surface area (Å²) >= 11 is 0. The van der Waals surface area contributed by atoms with E-state index in [1.54, 1.807) is 5.56 Å². The summed E-state index contributed by atoms with van der Waals surface area (Å²) in [5, 5.41) is 0. The van der Waals surface area contributed by atoms with Crippen LogP contribution >= 0.6 is 0 Å². The molecular formula is C32H50. The molecule has 32 heavy (non-hydrogen) atoms. The van der Waals surface area contributed by atoms with Gasteiger partial charge in [-0.2, -0.15) is 0 Å². The van der Waals surface area contributed by atoms with E-state index in [9.17, 15) is 0 Å². The molecule has 0 radical (unpaired) electrons. The quantitative estimate of drug-likeness (QED) is 0.261. The monoisotopic (exact) mass is 434 g/mol. The van der Waals surface area contributed by atoms with Crippen molar-refractivity contribution in [3.63, 3.8) is 0 Å². The van der Waals surface area contributed by atoms with E-state index in [0.29, 0.717) is 5.92 Å². The van der Waals surface area contributed by atoms with Crippen LogP contribution in [0.25, 0.3) is 0 Å². The van der Waals surface area contributed by atoms with Gasteiger partial charge >= 0.3 is 0 Å². The van der Waals surface area contributed by atoms with Crippen molar-refractivity contribution in [2.45, 2.75) is 112 Å². The fraction of sp³-hybridized carbons (Fsp3) is 0.625. The molecule has 0 aliphatic carbocycles. The van der Waals surface area contributed by atoms with Gasteiger partial charge in [-0.3, -0.25) is 0 Å². The standard InChI is InChI=1S/C32H50/c1-7-25(4)10-12-28-14-16-30(17-15-28)20-23-32(24-27(6)9-3)31-21-18-29(19-22-31)13-11-26(5)8-2/h14-19,21-22,25-27,32H,7-13,20,23-24H2,1-6H3. The fourth-order valence-electron chi connectivity index (χ4n) is 4.48. The average molecular weight is 435 g/mol. The highest BCUT2D eigenvalue weighted by Crippen LogP contribution is 2.30. The summed E-state index contributed by atoms with van der Waals surface area (Å²) in [6.45, 7) is 14.1. The van der Waals surface area contributed by atoms with Crippen molar-refractivity contribution in [2.24, 2.45) is 17.8 Å². The lowest BCUT2D eigenvalue weighted by molar-refractivity contribution is 0.437. The number of hydrogen-bond acceptors (Lipinski definition) is 0. The van der Waals surface area contributed by atoms with Crippen LogP contribution in [0.4, 0.5) is 0 Å². The highest BCUT2D eigenvalue weighted by Gasteiger charge is 2.15. The maximum absolute atomic E-state index is 2.43. The molecular weight excluding hydrogens is 384 g/mol. The van der Waals surface area contributed by atoms with Gasteiger partial charge in [0.15, 0.2) is 0 Å². The van der Waals surface area contributed by atoms with Crippen LogP contribution in [-0.4, -0.2) is 0 Å². The van der Waals surface area contributed by atoms with E-state index in [1.807, 2.05) is 0 Å². The van der Waals surface area contributed by atoms with Crippen LogP contribution in [-0.2, 0) is 19.3 Å². The molecule has 0 spiro atoms. The topological polar surface area (TPSA) is 0 Å². The molecule has 2 aromatic carbocycles. The minimum atomic E-state index is 0.665. The summed E-state index contributed by atoms with van der Waals surface area (Å²) < 4.78 is 0. The molecule has 0 saturated heterocycles. The summed E-state index contributed by atoms with van der Waals surface area (Å²) in [5.41, 5.74) is 6.04. The van der Waals surface area contributed by atoms with E-state index in [-0.39, 0.29) is 0 Å². The summed E-state index contributed by atoms with van der Waals surface area (Å²) in [4.78, 5) is 0. The van der Waals surface area contributed by atoms with Crippen LogP contribution in [0, 0.1) is 17.8 Å². The van der Waals surface area contributed by atoms with Crippen LogP contribution < -0.4 is 0 Å². The van der Waals surface area contributed by atoms with Crippen LogP contribution in [0.5, 0.6) is 0 Å². The molecule has 0 saturated carbocycles. The highest BCUT2D eigenvalue weighted by atomic mass is 14.2. The van der Waals surface area contributed by atoms with Gasteiger partial charge in [0.05, 0.1) is 0 Å². The lowest BCUT2D eigenvalue weighted by atomic mass is 9.84. The van der Waals surface area contributed by atoms with Gasteiger partial charge in [0.25, 0.3) is 0 Å². The number of hydrogen-bond donors (Lipinski definition) is 0. The van der Waals surface area contributed by atoms with Gasteiger partial charge in [0.1, 0.15) is 0 Å². The Kier molecular flexibility index (Phi) is 12.1. The predicted octanol–water partition coefficient (Wildman–Crippen LogP) is 9.80.